The molecule has 1 aromatic heterocycles. The number of hydrogen-bond acceptors (Lipinski definition) is 5. The number of nitrogens with one attached hydrogen (secondary N) is 2. The van der Waals surface area contributed by atoms with Gasteiger partial charge in [0.2, 0.25) is 5.91 Å². The van der Waals surface area contributed by atoms with Crippen LogP contribution in [-0.4, -0.2) is 60.9 Å². The van der Waals surface area contributed by atoms with Crippen molar-refractivity contribution in [1.29, 1.82) is 0 Å². The van der Waals surface area contributed by atoms with E-state index in [1.165, 1.54) is 18.5 Å². The van der Waals surface area contributed by atoms with Gasteiger partial charge in [0.1, 0.15) is 5.58 Å². The molecule has 38 heavy (non-hydrogen) atoms. The van der Waals surface area contributed by atoms with Crippen molar-refractivity contribution < 1.29 is 13.4 Å². The highest BCUT2D eigenvalue weighted by molar-refractivity contribution is 8.29. The molecule has 6 nitrogen and oxygen atoms in total. The highest BCUT2D eigenvalue weighted by atomic mass is 32.3. The van der Waals surface area contributed by atoms with E-state index >= 15 is 0 Å². The van der Waals surface area contributed by atoms with Gasteiger partial charge in [0.25, 0.3) is 0 Å². The van der Waals surface area contributed by atoms with Crippen LogP contribution in [0.3, 0.4) is 0 Å². The van der Waals surface area contributed by atoms with Gasteiger partial charge in [-0.1, -0.05) is 77.1 Å². The number of hydrazine groups is 1. The number of carbonyl (C=O) groups excluding carboxylic acids is 1. The lowest BCUT2D eigenvalue weighted by Gasteiger charge is -2.45. The predicted molar refractivity (Wildman–Crippen MR) is 164 cm³/mol. The smallest absolute Gasteiger partial charge is 0.238 e. The summed E-state index contributed by atoms with van der Waals surface area (Å²) in [6.45, 7) is 14.3. The minimum Gasteiger partial charge on any atom is -0.464 e. The molecule has 1 unspecified atom stereocenters. The lowest BCUT2D eigenvalue weighted by Crippen LogP contribution is -2.35. The van der Waals surface area contributed by atoms with Crippen LogP contribution < -0.4 is 10.9 Å². The van der Waals surface area contributed by atoms with Crippen molar-refractivity contribution in [2.24, 2.45) is 0 Å². The van der Waals surface area contributed by atoms with Crippen LogP contribution in [0, 0.1) is 0 Å². The quantitative estimate of drug-likeness (QED) is 0.324. The SMILES string of the molecule is CC.CC(C)(C)S(C)(C)OC1CCN(CCc2ccccc2)C1.CNNC(=O)Cc1cccc2occc12. The van der Waals surface area contributed by atoms with Crippen LogP contribution in [-0.2, 0) is 21.8 Å². The molecule has 0 spiro atoms. The molecule has 1 amide bonds. The van der Waals surface area contributed by atoms with E-state index in [1.807, 2.05) is 38.1 Å². The van der Waals surface area contributed by atoms with Crippen molar-refractivity contribution in [3.63, 3.8) is 0 Å². The molecule has 1 atom stereocenters. The summed E-state index contributed by atoms with van der Waals surface area (Å²) in [4.78, 5) is 13.9. The molecule has 1 aliphatic rings. The lowest BCUT2D eigenvalue weighted by molar-refractivity contribution is -0.121. The summed E-state index contributed by atoms with van der Waals surface area (Å²) in [6.07, 6.45) is 9.33. The molecular formula is C31H49N3O3S. The number of furan rings is 1. The molecule has 2 N–H and O–H groups in total. The molecule has 1 saturated heterocycles. The van der Waals surface area contributed by atoms with E-state index in [9.17, 15) is 4.79 Å². The molecule has 4 rings (SSSR count). The lowest BCUT2D eigenvalue weighted by atomic mass is 10.1. The normalized spacial score (nSPS) is 16.3. The fraction of sp³-hybridized carbons (Fsp3) is 0.516. The van der Waals surface area contributed by atoms with Crippen molar-refractivity contribution in [3.8, 4) is 0 Å². The first kappa shape index (κ1) is 31.9. The molecule has 0 aliphatic carbocycles. The molecule has 0 radical (unpaired) electrons. The maximum Gasteiger partial charge on any atom is 0.238 e. The first-order valence-corrected chi connectivity index (χ1v) is 16.0. The van der Waals surface area contributed by atoms with Gasteiger partial charge in [-0.05, 0) is 48.6 Å². The summed E-state index contributed by atoms with van der Waals surface area (Å²) in [5.41, 5.74) is 8.35. The van der Waals surface area contributed by atoms with E-state index in [2.05, 4.69) is 79.4 Å². The number of amides is 1. The molecule has 0 bridgehead atoms. The summed E-state index contributed by atoms with van der Waals surface area (Å²) in [7, 11) is 0.665. The van der Waals surface area contributed by atoms with Crippen molar-refractivity contribution in [1.82, 2.24) is 15.8 Å². The molecule has 7 heteroatoms. The third-order valence-electron chi connectivity index (χ3n) is 6.84. The minimum absolute atomic E-state index is 0.0637. The van der Waals surface area contributed by atoms with Gasteiger partial charge in [-0.15, -0.1) is 10.3 Å². The highest BCUT2D eigenvalue weighted by Gasteiger charge is 2.34. The standard InChI is InChI=1S/C18H31NOS.C11H12N2O2.C2H6/c1-18(2,3)21(4,5)20-17-12-14-19(15-17)13-11-16-9-7-6-8-10-16;1-12-13-11(14)7-8-3-2-4-10-9(8)5-6-15-10;1-2/h6-10,17H,11-15H2,1-5H3;2-6,12H,7H2,1H3,(H,13,14);1-2H3. The summed E-state index contributed by atoms with van der Waals surface area (Å²) >= 11 is 0. The predicted octanol–water partition coefficient (Wildman–Crippen LogP) is 6.35. The monoisotopic (exact) mass is 543 g/mol. The molecular weight excluding hydrogens is 494 g/mol. The number of rotatable bonds is 8. The van der Waals surface area contributed by atoms with E-state index in [0.717, 1.165) is 36.0 Å². The van der Waals surface area contributed by atoms with Gasteiger partial charge in [-0.3, -0.25) is 10.2 Å². The zero-order valence-electron chi connectivity index (χ0n) is 24.7. The Balaban J connectivity index is 0.000000262. The minimum atomic E-state index is -0.998. The maximum absolute atomic E-state index is 11.4. The van der Waals surface area contributed by atoms with Crippen molar-refractivity contribution in [2.45, 2.75) is 64.7 Å². The van der Waals surface area contributed by atoms with E-state index in [1.54, 1.807) is 13.3 Å². The average Bonchev–Trinajstić information content (AvgIpc) is 3.54. The summed E-state index contributed by atoms with van der Waals surface area (Å²) < 4.78 is 12.0. The van der Waals surface area contributed by atoms with Crippen LogP contribution >= 0.6 is 10.3 Å². The van der Waals surface area contributed by atoms with Crippen LogP contribution in [0.5, 0.6) is 0 Å². The molecule has 1 fully saturated rings. The van der Waals surface area contributed by atoms with Crippen molar-refractivity contribution >= 4 is 27.2 Å². The number of hydrogen-bond donors (Lipinski definition) is 2. The first-order chi connectivity index (χ1) is 18.1. The summed E-state index contributed by atoms with van der Waals surface area (Å²) in [6, 6.07) is 18.3. The molecule has 0 saturated carbocycles. The Kier molecular flexibility index (Phi) is 12.9. The Morgan fingerprint density at radius 2 is 1.79 bits per heavy atom. The molecule has 3 aromatic rings. The van der Waals surface area contributed by atoms with E-state index in [4.69, 9.17) is 8.60 Å². The van der Waals surface area contributed by atoms with Gasteiger partial charge in [-0.25, -0.2) is 5.43 Å². The Hall–Kier alpha value is -2.32. The number of carbonyl (C=O) groups is 1. The largest absolute Gasteiger partial charge is 0.464 e. The summed E-state index contributed by atoms with van der Waals surface area (Å²) in [5.74, 6) is -0.0637. The number of fused-ring (bicyclic) bond motifs is 1. The second-order valence-corrected chi connectivity index (χ2v) is 14.5. The van der Waals surface area contributed by atoms with Crippen LogP contribution in [0.2, 0.25) is 0 Å². The number of nitrogens with zero attached hydrogens (tertiary/aromatic N) is 1. The Bertz CT molecular complexity index is 1090. The van der Waals surface area contributed by atoms with Crippen molar-refractivity contribution in [2.75, 3.05) is 39.2 Å². The molecule has 2 aromatic carbocycles. The number of benzene rings is 2. The van der Waals surface area contributed by atoms with Gasteiger partial charge in [0, 0.05) is 36.8 Å². The molecule has 2 heterocycles. The fourth-order valence-electron chi connectivity index (χ4n) is 4.06. The van der Waals surface area contributed by atoms with Crippen LogP contribution in [0.4, 0.5) is 0 Å². The van der Waals surface area contributed by atoms with Gasteiger partial charge >= 0.3 is 0 Å². The van der Waals surface area contributed by atoms with Gasteiger partial charge in [-0.2, -0.15) is 0 Å². The van der Waals surface area contributed by atoms with Crippen LogP contribution in [0.15, 0.2) is 65.3 Å². The Labute approximate surface area is 232 Å². The van der Waals surface area contributed by atoms with Crippen LogP contribution in [0.25, 0.3) is 11.0 Å². The molecule has 212 valence electrons. The second kappa shape index (κ2) is 15.3. The maximum atomic E-state index is 11.4. The summed E-state index contributed by atoms with van der Waals surface area (Å²) in [5, 5.41) is 0.990. The topological polar surface area (TPSA) is 66.7 Å². The average molecular weight is 544 g/mol. The van der Waals surface area contributed by atoms with Crippen LogP contribution in [0.1, 0.15) is 52.2 Å². The zero-order valence-corrected chi connectivity index (χ0v) is 25.5. The van der Waals surface area contributed by atoms with E-state index < -0.39 is 10.3 Å². The third kappa shape index (κ3) is 9.77. The van der Waals surface area contributed by atoms with Gasteiger partial charge in [0.05, 0.1) is 18.8 Å². The highest BCUT2D eigenvalue weighted by Crippen LogP contribution is 2.55. The number of likely N-dealkylation sites (tertiary alicyclic amines) is 1. The second-order valence-electron chi connectivity index (χ2n) is 10.6. The van der Waals surface area contributed by atoms with Gasteiger partial charge in [0.15, 0.2) is 0 Å². The van der Waals surface area contributed by atoms with E-state index in [-0.39, 0.29) is 10.7 Å². The van der Waals surface area contributed by atoms with Crippen molar-refractivity contribution in [3.05, 3.63) is 72.0 Å². The first-order valence-electron chi connectivity index (χ1n) is 13.7. The van der Waals surface area contributed by atoms with E-state index in [0.29, 0.717) is 12.5 Å². The van der Waals surface area contributed by atoms with Gasteiger partial charge < -0.3 is 13.5 Å². The Morgan fingerprint density at radius 3 is 2.45 bits per heavy atom. The molecule has 1 aliphatic heterocycles. The fourth-order valence-corrected chi connectivity index (χ4v) is 5.19. The Morgan fingerprint density at radius 1 is 1.08 bits per heavy atom. The third-order valence-corrected chi connectivity index (χ3v) is 10.5. The zero-order chi connectivity index (χ0) is 28.2.